The molecule has 0 aliphatic carbocycles. The zero-order valence-electron chi connectivity index (χ0n) is 13.1. The summed E-state index contributed by atoms with van der Waals surface area (Å²) in [6.07, 6.45) is 2.30. The van der Waals surface area contributed by atoms with Crippen molar-refractivity contribution in [3.8, 4) is 0 Å². The minimum atomic E-state index is -0.435. The quantitative estimate of drug-likeness (QED) is 0.468. The zero-order chi connectivity index (χ0) is 15.7. The Balaban J connectivity index is 1.88. The molecule has 0 spiro atoms. The van der Waals surface area contributed by atoms with Crippen LogP contribution in [0.4, 0.5) is 5.13 Å². The van der Waals surface area contributed by atoms with E-state index in [1.807, 2.05) is 7.05 Å². The highest BCUT2D eigenvalue weighted by molar-refractivity contribution is 7.15. The summed E-state index contributed by atoms with van der Waals surface area (Å²) in [7, 11) is 1.99. The lowest BCUT2D eigenvalue weighted by molar-refractivity contribution is -0.0408. The van der Waals surface area contributed by atoms with Crippen molar-refractivity contribution in [2.75, 3.05) is 40.0 Å². The Morgan fingerprint density at radius 1 is 1.55 bits per heavy atom. The first-order chi connectivity index (χ1) is 10.5. The topological polar surface area (TPSA) is 64.6 Å². The Morgan fingerprint density at radius 3 is 3.09 bits per heavy atom. The second kappa shape index (κ2) is 6.31. The highest BCUT2D eigenvalue weighted by atomic mass is 32.1. The van der Waals surface area contributed by atoms with Crippen LogP contribution in [0.5, 0.6) is 0 Å². The molecule has 0 saturated carbocycles. The van der Waals surface area contributed by atoms with Crippen LogP contribution in [0.1, 0.15) is 11.9 Å². The van der Waals surface area contributed by atoms with E-state index in [1.54, 1.807) is 6.08 Å². The predicted octanol–water partition coefficient (Wildman–Crippen LogP) is 1.02. The van der Waals surface area contributed by atoms with E-state index in [2.05, 4.69) is 33.5 Å². The van der Waals surface area contributed by atoms with Gasteiger partial charge in [0, 0.05) is 19.0 Å². The first-order valence-corrected chi connectivity index (χ1v) is 8.41. The van der Waals surface area contributed by atoms with Gasteiger partial charge in [0.1, 0.15) is 11.7 Å². The fourth-order valence-corrected chi connectivity index (χ4v) is 4.15. The van der Waals surface area contributed by atoms with Gasteiger partial charge in [0.15, 0.2) is 6.17 Å². The Bertz CT molecular complexity index is 539. The molecule has 122 valence electrons. The standard InChI is InChI=1S/C14H23N5O2S/c1-4-5-12-15-16-14(22-12)19(20)10-17(3)8-13(19)18-6-7-21-9-11(18)2/h4,11,13H,1,5-10H2,2-3H3. The monoisotopic (exact) mass is 325 g/mol. The van der Waals surface area contributed by atoms with E-state index in [9.17, 15) is 5.21 Å². The molecule has 1 aromatic heterocycles. The molecule has 3 atom stereocenters. The van der Waals surface area contributed by atoms with Gasteiger partial charge in [-0.1, -0.05) is 11.2 Å². The number of quaternary nitrogens is 1. The van der Waals surface area contributed by atoms with Crippen molar-refractivity contribution < 1.29 is 4.74 Å². The molecule has 3 heterocycles. The van der Waals surface area contributed by atoms with Gasteiger partial charge in [-0.3, -0.25) is 9.55 Å². The van der Waals surface area contributed by atoms with E-state index in [0.717, 1.165) is 18.1 Å². The van der Waals surface area contributed by atoms with E-state index >= 15 is 0 Å². The van der Waals surface area contributed by atoms with Crippen LogP contribution in [-0.2, 0) is 11.2 Å². The SMILES string of the molecule is C=CCc1nnc([N+]2([O-])CN(C)CC2N2CCOCC2C)s1. The summed E-state index contributed by atoms with van der Waals surface area (Å²) in [6.45, 7) is 9.14. The molecule has 0 aromatic carbocycles. The molecule has 3 rings (SSSR count). The van der Waals surface area contributed by atoms with Crippen molar-refractivity contribution in [3.63, 3.8) is 0 Å². The van der Waals surface area contributed by atoms with Crippen LogP contribution in [0.3, 0.4) is 0 Å². The third-order valence-corrected chi connectivity index (χ3v) is 5.37. The van der Waals surface area contributed by atoms with Crippen LogP contribution in [0, 0.1) is 5.21 Å². The predicted molar refractivity (Wildman–Crippen MR) is 87.2 cm³/mol. The van der Waals surface area contributed by atoms with Crippen molar-refractivity contribution in [2.45, 2.75) is 25.6 Å². The summed E-state index contributed by atoms with van der Waals surface area (Å²) in [5.74, 6) is 0. The van der Waals surface area contributed by atoms with Crippen molar-refractivity contribution in [2.24, 2.45) is 0 Å². The highest BCUT2D eigenvalue weighted by Gasteiger charge is 2.47. The van der Waals surface area contributed by atoms with Crippen LogP contribution >= 0.6 is 11.3 Å². The van der Waals surface area contributed by atoms with Gasteiger partial charge in [0.25, 0.3) is 0 Å². The minimum absolute atomic E-state index is 0.145. The van der Waals surface area contributed by atoms with E-state index < -0.39 is 4.65 Å². The minimum Gasteiger partial charge on any atom is -0.623 e. The molecule has 2 aliphatic heterocycles. The number of hydrogen-bond donors (Lipinski definition) is 0. The normalized spacial score (nSPS) is 34.1. The maximum atomic E-state index is 13.6. The van der Waals surface area contributed by atoms with Crippen LogP contribution in [0.15, 0.2) is 12.7 Å². The van der Waals surface area contributed by atoms with Gasteiger partial charge in [-0.25, -0.2) is 4.90 Å². The molecule has 0 bridgehead atoms. The third kappa shape index (κ3) is 2.82. The Hall–Kier alpha value is -0.900. The number of morpholine rings is 1. The zero-order valence-corrected chi connectivity index (χ0v) is 14.0. The number of ether oxygens (including phenoxy) is 1. The van der Waals surface area contributed by atoms with E-state index in [0.29, 0.717) is 31.4 Å². The van der Waals surface area contributed by atoms with Crippen molar-refractivity contribution in [1.82, 2.24) is 24.6 Å². The Morgan fingerprint density at radius 2 is 2.36 bits per heavy atom. The maximum Gasteiger partial charge on any atom is 0.309 e. The molecular formula is C14H23N5O2S. The highest BCUT2D eigenvalue weighted by Crippen LogP contribution is 2.35. The summed E-state index contributed by atoms with van der Waals surface area (Å²) >= 11 is 1.41. The molecule has 1 aromatic rings. The number of likely N-dealkylation sites (N-methyl/N-ethyl adjacent to an activating group) is 1. The maximum absolute atomic E-state index is 13.6. The molecule has 7 nitrogen and oxygen atoms in total. The fourth-order valence-electron chi connectivity index (χ4n) is 3.24. The Labute approximate surface area is 135 Å². The van der Waals surface area contributed by atoms with Gasteiger partial charge in [-0.15, -0.1) is 11.7 Å². The first-order valence-electron chi connectivity index (χ1n) is 7.59. The smallest absolute Gasteiger partial charge is 0.309 e. The number of aromatic nitrogens is 2. The van der Waals surface area contributed by atoms with Crippen molar-refractivity contribution >= 4 is 16.5 Å². The average Bonchev–Trinajstić information content (AvgIpc) is 3.06. The number of hydrogen-bond acceptors (Lipinski definition) is 7. The van der Waals surface area contributed by atoms with Gasteiger partial charge in [0.05, 0.1) is 19.8 Å². The van der Waals surface area contributed by atoms with Crippen LogP contribution in [0.25, 0.3) is 0 Å². The average molecular weight is 325 g/mol. The molecule has 3 unspecified atom stereocenters. The van der Waals surface area contributed by atoms with E-state index in [1.165, 1.54) is 11.3 Å². The van der Waals surface area contributed by atoms with Gasteiger partial charge < -0.3 is 9.94 Å². The second-order valence-electron chi connectivity index (χ2n) is 6.09. The summed E-state index contributed by atoms with van der Waals surface area (Å²) in [5, 5.41) is 23.3. The lowest BCUT2D eigenvalue weighted by Gasteiger charge is -2.47. The number of rotatable bonds is 4. The summed E-state index contributed by atoms with van der Waals surface area (Å²) in [6, 6.07) is 0.247. The molecule has 22 heavy (non-hydrogen) atoms. The van der Waals surface area contributed by atoms with Crippen LogP contribution in [0.2, 0.25) is 0 Å². The van der Waals surface area contributed by atoms with E-state index in [4.69, 9.17) is 4.74 Å². The molecule has 8 heteroatoms. The first kappa shape index (κ1) is 16.0. The summed E-state index contributed by atoms with van der Waals surface area (Å²) < 4.78 is 5.07. The van der Waals surface area contributed by atoms with Gasteiger partial charge in [0.2, 0.25) is 0 Å². The number of nitrogens with zero attached hydrogens (tertiary/aromatic N) is 5. The Kier molecular flexibility index (Phi) is 4.58. The molecule has 2 fully saturated rings. The number of hydroxylamine groups is 2. The fraction of sp³-hybridized carbons (Fsp3) is 0.714. The van der Waals surface area contributed by atoms with Crippen LogP contribution < -0.4 is 4.65 Å². The largest absolute Gasteiger partial charge is 0.623 e. The molecule has 2 aliphatic rings. The van der Waals surface area contributed by atoms with E-state index in [-0.39, 0.29) is 12.2 Å². The molecule has 2 saturated heterocycles. The summed E-state index contributed by atoms with van der Waals surface area (Å²) in [4.78, 5) is 4.35. The van der Waals surface area contributed by atoms with Gasteiger partial charge in [-0.2, -0.15) is 0 Å². The lowest BCUT2D eigenvalue weighted by atomic mass is 10.2. The van der Waals surface area contributed by atoms with Gasteiger partial charge >= 0.3 is 5.13 Å². The third-order valence-electron chi connectivity index (χ3n) is 4.31. The van der Waals surface area contributed by atoms with Gasteiger partial charge in [-0.05, 0) is 25.3 Å². The van der Waals surface area contributed by atoms with Crippen molar-refractivity contribution in [3.05, 3.63) is 22.9 Å². The van der Waals surface area contributed by atoms with Crippen LogP contribution in [-0.4, -0.2) is 72.2 Å². The molecule has 0 N–H and O–H groups in total. The second-order valence-corrected chi connectivity index (χ2v) is 7.13. The molecule has 0 amide bonds. The summed E-state index contributed by atoms with van der Waals surface area (Å²) in [5.41, 5.74) is 0. The molecule has 0 radical (unpaired) electrons. The molecular weight excluding hydrogens is 302 g/mol. The lowest BCUT2D eigenvalue weighted by Crippen LogP contribution is -2.62. The number of allylic oxidation sites excluding steroid dienone is 1. The van der Waals surface area contributed by atoms with Crippen molar-refractivity contribution in [1.29, 1.82) is 0 Å².